The molecular formula is C48H36Br4N16O3. The molecule has 2 aliphatic rings. The van der Waals surface area contributed by atoms with E-state index >= 15 is 0 Å². The summed E-state index contributed by atoms with van der Waals surface area (Å²) in [4.78, 5) is 60.7. The van der Waals surface area contributed by atoms with E-state index in [0.717, 1.165) is 83.1 Å². The van der Waals surface area contributed by atoms with E-state index in [4.69, 9.17) is 27.2 Å². The fourth-order valence-corrected chi connectivity index (χ4v) is 8.78. The van der Waals surface area contributed by atoms with Gasteiger partial charge in [-0.2, -0.15) is 15.3 Å². The largest absolute Gasteiger partial charge is 0.429 e. The number of nitriles is 2. The van der Waals surface area contributed by atoms with Crippen LogP contribution in [0.1, 0.15) is 43.5 Å². The number of primary amides is 2. The lowest BCUT2D eigenvalue weighted by Gasteiger charge is -2.02. The van der Waals surface area contributed by atoms with E-state index in [1.54, 1.807) is 74.4 Å². The van der Waals surface area contributed by atoms with Crippen LogP contribution in [0.3, 0.4) is 0 Å². The maximum absolute atomic E-state index is 11.0. The van der Waals surface area contributed by atoms with Gasteiger partial charge in [-0.3, -0.25) is 19.6 Å². The number of nitrogens with two attached hydrogens (primary N) is 2. The van der Waals surface area contributed by atoms with E-state index in [2.05, 4.69) is 119 Å². The maximum atomic E-state index is 11.0. The van der Waals surface area contributed by atoms with Crippen molar-refractivity contribution in [3.8, 4) is 23.4 Å². The molecular weight excluding hydrogens is 1170 g/mol. The van der Waals surface area contributed by atoms with E-state index in [-0.39, 0.29) is 5.69 Å². The first-order valence-electron chi connectivity index (χ1n) is 20.6. The Kier molecular flexibility index (Phi) is 16.4. The van der Waals surface area contributed by atoms with Crippen LogP contribution in [0.25, 0.3) is 65.8 Å². The zero-order chi connectivity index (χ0) is 50.8. The first-order chi connectivity index (χ1) is 34.2. The standard InChI is InChI=1S/C9H9N3O.C9H7N3.C8H6BrN3O.C8H4BrN3.C7H5BrN2O.C7H5BrN2/c1-5-4-12-8(9(10)13)7-6(5)2-3-11-7;1-6-5-12-8(4-10)9-7(6)2-3-11-9;9-5-3-12-7(8(10)13)6-4(5)1-2-11-6;9-6-4-12-7(3-10)8-5(6)1-2-11-8;8-6-3-10(11)4-7-5(6)1-2-9-7;8-6-3-9-4-7-5(6)1-2-10-7/h2-4,11H,1H3,(H2,10,13);2-3,5,11H,1H3;1-3,11H,(H2,10,13);1-2,4,11H;1-4,11H;1-4,10H. The van der Waals surface area contributed by atoms with Crippen molar-refractivity contribution in [2.45, 2.75) is 13.8 Å². The normalized spacial score (nSPS) is 10.4. The van der Waals surface area contributed by atoms with Gasteiger partial charge >= 0.3 is 0 Å². The molecule has 0 spiro atoms. The highest BCUT2D eigenvalue weighted by atomic mass is 79.9. The third-order valence-electron chi connectivity index (χ3n) is 10.3. The summed E-state index contributed by atoms with van der Waals surface area (Å²) in [6, 6.07) is 15.6. The Morgan fingerprint density at radius 3 is 1.59 bits per heavy atom. The monoisotopic (exact) mass is 1200 g/mol. The Morgan fingerprint density at radius 1 is 0.549 bits per heavy atom. The second-order valence-corrected chi connectivity index (χ2v) is 18.2. The van der Waals surface area contributed by atoms with Gasteiger partial charge in [-0.15, -0.1) is 0 Å². The fraction of sp³-hybridized carbons (Fsp3) is 0.0417. The van der Waals surface area contributed by atoms with Crippen molar-refractivity contribution < 1.29 is 14.8 Å². The molecule has 0 atom stereocenters. The summed E-state index contributed by atoms with van der Waals surface area (Å²) in [7, 11) is 0. The number of amides is 2. The molecule has 23 heteroatoms. The number of halogens is 4. The highest BCUT2D eigenvalue weighted by Gasteiger charge is 2.12. The number of nitrogens with one attached hydrogen (secondary N) is 5. The average molecular weight is 1200 g/mol. The molecule has 2 amide bonds. The molecule has 354 valence electrons. The van der Waals surface area contributed by atoms with Crippen LogP contribution in [0.15, 0.2) is 141 Å². The smallest absolute Gasteiger partial charge is 0.269 e. The van der Waals surface area contributed by atoms with E-state index < -0.39 is 11.8 Å². The molecule has 10 N–H and O–H groups in total. The zero-order valence-corrected chi connectivity index (χ0v) is 43.3. The van der Waals surface area contributed by atoms with Gasteiger partial charge in [0, 0.05) is 119 Å². The lowest BCUT2D eigenvalue weighted by molar-refractivity contribution is 0.0988. The Morgan fingerprint density at radius 2 is 1.00 bits per heavy atom. The minimum Gasteiger partial charge on any atom is -0.429 e. The lowest BCUT2D eigenvalue weighted by atomic mass is 10.2. The van der Waals surface area contributed by atoms with Crippen LogP contribution in [0.4, 0.5) is 0 Å². The van der Waals surface area contributed by atoms with E-state index in [1.165, 1.54) is 5.39 Å². The molecule has 12 rings (SSSR count). The second-order valence-electron chi connectivity index (χ2n) is 14.8. The Labute approximate surface area is 435 Å². The summed E-state index contributed by atoms with van der Waals surface area (Å²) in [5.41, 5.74) is 19.7. The van der Waals surface area contributed by atoms with Gasteiger partial charge in [0.1, 0.15) is 12.1 Å². The van der Waals surface area contributed by atoms with Crippen molar-refractivity contribution in [2.75, 3.05) is 0 Å². The second kappa shape index (κ2) is 22.9. The van der Waals surface area contributed by atoms with Crippen LogP contribution < -0.4 is 11.5 Å². The van der Waals surface area contributed by atoms with E-state index in [9.17, 15) is 9.59 Å². The van der Waals surface area contributed by atoms with Gasteiger partial charge in [0.15, 0.2) is 22.8 Å². The molecule has 0 aliphatic carbocycles. The molecule has 0 fully saturated rings. The van der Waals surface area contributed by atoms with Crippen LogP contribution in [-0.2, 0) is 0 Å². The summed E-state index contributed by atoms with van der Waals surface area (Å²) in [6.07, 6.45) is 24.0. The van der Waals surface area contributed by atoms with Crippen molar-refractivity contribution in [1.29, 1.82) is 10.5 Å². The minimum absolute atomic E-state index is 0.267. The number of rotatable bonds is 2. The molecule has 10 aromatic rings. The van der Waals surface area contributed by atoms with Gasteiger partial charge in [0.2, 0.25) is 0 Å². The van der Waals surface area contributed by atoms with Gasteiger partial charge in [-0.1, -0.05) is 0 Å². The molecule has 0 radical (unpaired) electrons. The topological polar surface area (TPSA) is 315 Å². The van der Waals surface area contributed by atoms with Crippen molar-refractivity contribution in [3.63, 3.8) is 0 Å². The van der Waals surface area contributed by atoms with Gasteiger partial charge in [-0.05, 0) is 125 Å². The van der Waals surface area contributed by atoms with Gasteiger partial charge < -0.3 is 41.6 Å². The lowest BCUT2D eigenvalue weighted by Crippen LogP contribution is -2.13. The van der Waals surface area contributed by atoms with Crippen LogP contribution in [0, 0.1) is 36.5 Å². The average Bonchev–Trinajstić information content (AvgIpc) is 4.21. The van der Waals surface area contributed by atoms with Crippen LogP contribution in [0.2, 0.25) is 0 Å². The highest BCUT2D eigenvalue weighted by molar-refractivity contribution is 9.11. The number of hydrogen-bond acceptors (Lipinski definition) is 11. The molecule has 0 saturated heterocycles. The van der Waals surface area contributed by atoms with E-state index in [1.807, 2.05) is 74.8 Å². The number of carbonyl (C=O) groups is 2. The van der Waals surface area contributed by atoms with Crippen molar-refractivity contribution >= 4 is 130 Å². The summed E-state index contributed by atoms with van der Waals surface area (Å²) < 4.78 is 4.60. The SMILES string of the molecule is Brc1cncc2[nH]ccc12.Cc1cnc(C#N)c2[nH]ccc12.Cc1cnc(C(N)=O)c2[nH]ccc12.N#Cc1ncc(Br)c2cc[nH]c12.NC(=O)c1ncc(Br)c2cc[nH]c12.On1cc2nccc-2c(Br)c1. The number of carbonyl (C=O) groups excluding carboxylic acids is 2. The Balaban J connectivity index is 0.000000125. The Bertz CT molecular complexity index is 3710. The zero-order valence-electron chi connectivity index (χ0n) is 37.0. The molecule has 10 aromatic heterocycles. The van der Waals surface area contributed by atoms with Gasteiger partial charge in [0.05, 0.1) is 51.9 Å². The molecule has 12 heterocycles. The molecule has 0 bridgehead atoms. The predicted molar refractivity (Wildman–Crippen MR) is 283 cm³/mol. The number of fused-ring (bicyclic) bond motifs is 6. The Hall–Kier alpha value is -8.22. The number of aromatic nitrogens is 12. The minimum atomic E-state index is -0.528. The number of nitrogens with zero attached hydrogens (tertiary/aromatic N) is 9. The first-order valence-corrected chi connectivity index (χ1v) is 23.7. The number of pyridine rings is 6. The first kappa shape index (κ1) is 50.7. The van der Waals surface area contributed by atoms with E-state index in [0.29, 0.717) is 28.1 Å². The number of hydrogen-bond donors (Lipinski definition) is 8. The van der Waals surface area contributed by atoms with Crippen molar-refractivity contribution in [1.82, 2.24) is 59.6 Å². The molecule has 19 nitrogen and oxygen atoms in total. The fourth-order valence-electron chi connectivity index (χ4n) is 6.91. The summed E-state index contributed by atoms with van der Waals surface area (Å²) >= 11 is 13.4. The predicted octanol–water partition coefficient (Wildman–Crippen LogP) is 10.6. The highest BCUT2D eigenvalue weighted by Crippen LogP contribution is 2.28. The molecule has 0 unspecified atom stereocenters. The molecule has 0 saturated carbocycles. The van der Waals surface area contributed by atoms with Crippen molar-refractivity contribution in [2.24, 2.45) is 11.5 Å². The number of H-pyrrole nitrogens is 5. The quantitative estimate of drug-likeness (QED) is 0.0752. The van der Waals surface area contributed by atoms with Gasteiger partial charge in [0.25, 0.3) is 11.8 Å². The summed E-state index contributed by atoms with van der Waals surface area (Å²) in [6.45, 7) is 3.91. The van der Waals surface area contributed by atoms with Gasteiger partial charge in [-0.25, -0.2) is 19.9 Å². The van der Waals surface area contributed by atoms with Crippen LogP contribution >= 0.6 is 63.7 Å². The third kappa shape index (κ3) is 11.6. The summed E-state index contributed by atoms with van der Waals surface area (Å²) in [5.74, 6) is -1.03. The van der Waals surface area contributed by atoms with Crippen LogP contribution in [-0.4, -0.2) is 76.6 Å². The number of aryl methyl sites for hydroxylation is 2. The molecule has 0 aromatic carbocycles. The molecule has 71 heavy (non-hydrogen) atoms. The van der Waals surface area contributed by atoms with Crippen molar-refractivity contribution in [3.05, 3.63) is 175 Å². The third-order valence-corrected chi connectivity index (χ3v) is 12.8. The maximum Gasteiger partial charge on any atom is 0.269 e. The van der Waals surface area contributed by atoms with Crippen LogP contribution in [0.5, 0.6) is 0 Å². The molecule has 2 aliphatic heterocycles. The summed E-state index contributed by atoms with van der Waals surface area (Å²) in [5, 5.41) is 31.6. The number of aromatic amines is 5.